The molecule has 0 aliphatic carbocycles. The normalized spacial score (nSPS) is 11.8. The maximum absolute atomic E-state index is 2.45. The highest BCUT2D eigenvalue weighted by Gasteiger charge is 2.26. The van der Waals surface area contributed by atoms with Crippen molar-refractivity contribution in [1.82, 2.24) is 0 Å². The van der Waals surface area contributed by atoms with Crippen molar-refractivity contribution in [3.63, 3.8) is 0 Å². The number of fused-ring (bicyclic) bond motifs is 3. The monoisotopic (exact) mass is 854 g/mol. The summed E-state index contributed by atoms with van der Waals surface area (Å²) < 4.78 is 0. The smallest absolute Gasteiger partial charge is 0.0497 e. The predicted molar refractivity (Wildman–Crippen MR) is 283 cm³/mol. The number of hydrogen-bond acceptors (Lipinski definition) is 2. The second kappa shape index (κ2) is 17.3. The SMILES string of the molecule is c1ccc(-c2ccc(N(c3ccc(-c4ccccc4)cc3)c3ccc(-c4ccc5c(c4)Cc4cc(-c6cccc7ccccc67)ccc4N5c4ccc(-c5ccccc5)cc4)cc3)cc2)cc1. The van der Waals surface area contributed by atoms with Crippen LogP contribution in [0.2, 0.25) is 0 Å². The lowest BCUT2D eigenvalue weighted by Gasteiger charge is -2.34. The number of hydrogen-bond donors (Lipinski definition) is 0. The van der Waals surface area contributed by atoms with Crippen molar-refractivity contribution >= 4 is 44.9 Å². The Hall–Kier alpha value is -8.72. The Balaban J connectivity index is 0.912. The topological polar surface area (TPSA) is 6.48 Å². The molecule has 1 aliphatic heterocycles. The van der Waals surface area contributed by atoms with Gasteiger partial charge >= 0.3 is 0 Å². The molecular weight excluding hydrogens is 809 g/mol. The average Bonchev–Trinajstić information content (AvgIpc) is 3.41. The molecule has 0 fully saturated rings. The Morgan fingerprint density at radius 1 is 0.284 bits per heavy atom. The van der Waals surface area contributed by atoms with Gasteiger partial charge in [0.1, 0.15) is 0 Å². The van der Waals surface area contributed by atoms with Gasteiger partial charge in [-0.15, -0.1) is 0 Å². The van der Waals surface area contributed by atoms with Crippen LogP contribution in [0, 0.1) is 0 Å². The van der Waals surface area contributed by atoms with E-state index in [4.69, 9.17) is 0 Å². The lowest BCUT2D eigenvalue weighted by atomic mass is 9.89. The fourth-order valence-electron chi connectivity index (χ4n) is 9.88. The van der Waals surface area contributed by atoms with Crippen molar-refractivity contribution in [2.75, 3.05) is 9.80 Å². The maximum atomic E-state index is 2.45. The van der Waals surface area contributed by atoms with E-state index in [-0.39, 0.29) is 0 Å². The molecule has 67 heavy (non-hydrogen) atoms. The molecule has 12 rings (SSSR count). The molecule has 1 aliphatic rings. The van der Waals surface area contributed by atoms with Crippen LogP contribution < -0.4 is 9.80 Å². The molecule has 1 heterocycles. The van der Waals surface area contributed by atoms with Gasteiger partial charge in [0.25, 0.3) is 0 Å². The van der Waals surface area contributed by atoms with E-state index in [1.54, 1.807) is 0 Å². The van der Waals surface area contributed by atoms with Crippen LogP contribution in [0.3, 0.4) is 0 Å². The minimum Gasteiger partial charge on any atom is -0.311 e. The fraction of sp³-hybridized carbons (Fsp3) is 0.0154. The van der Waals surface area contributed by atoms with Gasteiger partial charge in [0.2, 0.25) is 0 Å². The van der Waals surface area contributed by atoms with Crippen LogP contribution in [0.5, 0.6) is 0 Å². The molecule has 11 aromatic rings. The standard InChI is InChI=1S/C65H46N2/c1-4-13-46(14-5-1)49-23-33-58(34-24-49)66(59-35-25-50(26-36-59)47-15-6-2-7-16-47)60-37-29-52(30-38-60)54-31-41-64-56(43-54)45-57-44-55(63-22-12-20-53-19-10-11-21-62(53)63)32-42-65(57)67(64)61-39-27-51(28-40-61)48-17-8-3-9-18-48/h1-44H,45H2. The molecule has 2 heteroatoms. The summed E-state index contributed by atoms with van der Waals surface area (Å²) in [6, 6.07) is 97.1. The molecule has 0 saturated heterocycles. The van der Waals surface area contributed by atoms with E-state index >= 15 is 0 Å². The molecule has 0 bridgehead atoms. The molecule has 0 spiro atoms. The summed E-state index contributed by atoms with van der Waals surface area (Å²) >= 11 is 0. The second-order valence-electron chi connectivity index (χ2n) is 17.3. The first-order chi connectivity index (χ1) is 33.2. The highest BCUT2D eigenvalue weighted by Crippen LogP contribution is 2.47. The third-order valence-electron chi connectivity index (χ3n) is 13.3. The first-order valence-electron chi connectivity index (χ1n) is 23.1. The first-order valence-corrected chi connectivity index (χ1v) is 23.1. The summed E-state index contributed by atoms with van der Waals surface area (Å²) in [5, 5.41) is 2.52. The highest BCUT2D eigenvalue weighted by atomic mass is 15.2. The summed E-state index contributed by atoms with van der Waals surface area (Å²) in [7, 11) is 0. The van der Waals surface area contributed by atoms with Crippen LogP contribution in [-0.4, -0.2) is 0 Å². The second-order valence-corrected chi connectivity index (χ2v) is 17.3. The quantitative estimate of drug-likeness (QED) is 0.143. The van der Waals surface area contributed by atoms with Crippen LogP contribution in [0.4, 0.5) is 34.1 Å². The number of anilines is 6. The highest BCUT2D eigenvalue weighted by molar-refractivity contribution is 5.98. The van der Waals surface area contributed by atoms with Crippen molar-refractivity contribution in [3.8, 4) is 55.6 Å². The molecule has 0 N–H and O–H groups in total. The maximum Gasteiger partial charge on any atom is 0.0497 e. The van der Waals surface area contributed by atoms with Crippen LogP contribution in [-0.2, 0) is 6.42 Å². The van der Waals surface area contributed by atoms with Crippen molar-refractivity contribution in [3.05, 3.63) is 278 Å². The summed E-state index contributed by atoms with van der Waals surface area (Å²) in [4.78, 5) is 4.80. The van der Waals surface area contributed by atoms with Gasteiger partial charge in [-0.1, -0.05) is 194 Å². The summed E-state index contributed by atoms with van der Waals surface area (Å²) in [5.74, 6) is 0. The van der Waals surface area contributed by atoms with Crippen LogP contribution >= 0.6 is 0 Å². The van der Waals surface area contributed by atoms with Crippen molar-refractivity contribution in [2.24, 2.45) is 0 Å². The van der Waals surface area contributed by atoms with Crippen LogP contribution in [0.1, 0.15) is 11.1 Å². The number of benzene rings is 11. The summed E-state index contributed by atoms with van der Waals surface area (Å²) in [6.07, 6.45) is 0.833. The minimum atomic E-state index is 0.833. The number of nitrogens with zero attached hydrogens (tertiary/aromatic N) is 2. The summed E-state index contributed by atoms with van der Waals surface area (Å²) in [6.45, 7) is 0. The van der Waals surface area contributed by atoms with Crippen LogP contribution in [0.15, 0.2) is 267 Å². The Bertz CT molecular complexity index is 3400. The van der Waals surface area contributed by atoms with E-state index in [2.05, 4.69) is 277 Å². The third kappa shape index (κ3) is 7.75. The van der Waals surface area contributed by atoms with E-state index in [1.165, 1.54) is 88.9 Å². The molecule has 316 valence electrons. The van der Waals surface area contributed by atoms with Gasteiger partial charge in [-0.2, -0.15) is 0 Å². The first kappa shape index (κ1) is 39.8. The van der Waals surface area contributed by atoms with Gasteiger partial charge in [0, 0.05) is 40.5 Å². The summed E-state index contributed by atoms with van der Waals surface area (Å²) in [5.41, 5.74) is 21.6. The van der Waals surface area contributed by atoms with Crippen molar-refractivity contribution in [2.45, 2.75) is 6.42 Å². The van der Waals surface area contributed by atoms with Crippen molar-refractivity contribution in [1.29, 1.82) is 0 Å². The Labute approximate surface area is 393 Å². The zero-order chi connectivity index (χ0) is 44.5. The molecule has 2 nitrogen and oxygen atoms in total. The Morgan fingerprint density at radius 2 is 0.657 bits per heavy atom. The zero-order valence-electron chi connectivity index (χ0n) is 37.0. The van der Waals surface area contributed by atoms with Crippen molar-refractivity contribution < 1.29 is 0 Å². The number of rotatable bonds is 9. The van der Waals surface area contributed by atoms with E-state index in [0.717, 1.165) is 29.2 Å². The van der Waals surface area contributed by atoms with Gasteiger partial charge < -0.3 is 9.80 Å². The molecule has 0 radical (unpaired) electrons. The molecule has 0 amide bonds. The van der Waals surface area contributed by atoms with E-state index < -0.39 is 0 Å². The minimum absolute atomic E-state index is 0.833. The van der Waals surface area contributed by atoms with Gasteiger partial charge in [-0.3, -0.25) is 0 Å². The molecular formula is C65H46N2. The van der Waals surface area contributed by atoms with E-state index in [0.29, 0.717) is 0 Å². The third-order valence-corrected chi connectivity index (χ3v) is 13.3. The molecule has 11 aromatic carbocycles. The fourth-order valence-corrected chi connectivity index (χ4v) is 9.88. The lowest BCUT2D eigenvalue weighted by molar-refractivity contribution is 1.09. The van der Waals surface area contributed by atoms with Gasteiger partial charge in [0.15, 0.2) is 0 Å². The van der Waals surface area contributed by atoms with E-state index in [1.807, 2.05) is 0 Å². The molecule has 0 saturated carbocycles. The van der Waals surface area contributed by atoms with E-state index in [9.17, 15) is 0 Å². The van der Waals surface area contributed by atoms with Gasteiger partial charge in [-0.05, 0) is 150 Å². The average molecular weight is 855 g/mol. The largest absolute Gasteiger partial charge is 0.311 e. The van der Waals surface area contributed by atoms with Crippen LogP contribution in [0.25, 0.3) is 66.4 Å². The Kier molecular flexibility index (Phi) is 10.3. The zero-order valence-corrected chi connectivity index (χ0v) is 37.0. The van der Waals surface area contributed by atoms with Gasteiger partial charge in [0.05, 0.1) is 0 Å². The Morgan fingerprint density at radius 3 is 1.16 bits per heavy atom. The molecule has 0 aromatic heterocycles. The molecule has 0 atom stereocenters. The predicted octanol–water partition coefficient (Wildman–Crippen LogP) is 18.0. The van der Waals surface area contributed by atoms with Gasteiger partial charge in [-0.25, -0.2) is 0 Å². The molecule has 0 unspecified atom stereocenters. The lowest BCUT2D eigenvalue weighted by Crippen LogP contribution is -2.18.